The van der Waals surface area contributed by atoms with E-state index >= 15 is 0 Å². The molecule has 0 aliphatic rings. The summed E-state index contributed by atoms with van der Waals surface area (Å²) < 4.78 is 16.0. The second-order valence-electron chi connectivity index (χ2n) is 5.12. The molecule has 1 N–H and O–H groups in total. The summed E-state index contributed by atoms with van der Waals surface area (Å²) in [5.41, 5.74) is 0.822. The maximum atomic E-state index is 12.1. The summed E-state index contributed by atoms with van der Waals surface area (Å²) in [6, 6.07) is 12.2. The highest BCUT2D eigenvalue weighted by Gasteiger charge is 2.16. The number of nitrogens with one attached hydrogen (secondary N) is 1. The van der Waals surface area contributed by atoms with E-state index < -0.39 is 0 Å². The van der Waals surface area contributed by atoms with Crippen LogP contribution < -0.4 is 19.5 Å². The largest absolute Gasteiger partial charge is 0.497 e. The Labute approximate surface area is 146 Å². The third kappa shape index (κ3) is 4.55. The lowest BCUT2D eigenvalue weighted by molar-refractivity contribution is -0.123. The molecule has 0 spiro atoms. The number of halogens is 1. The molecule has 0 aliphatic heterocycles. The van der Waals surface area contributed by atoms with Crippen LogP contribution >= 0.6 is 11.6 Å². The number of carbonyl (C=O) groups excluding carboxylic acids is 1. The molecule has 1 amide bonds. The van der Waals surface area contributed by atoms with Crippen molar-refractivity contribution in [3.63, 3.8) is 0 Å². The molecule has 0 radical (unpaired) electrons. The van der Waals surface area contributed by atoms with Crippen LogP contribution in [0.3, 0.4) is 0 Å². The predicted molar refractivity (Wildman–Crippen MR) is 93.1 cm³/mol. The molecule has 0 fully saturated rings. The average molecular weight is 350 g/mol. The molecule has 2 aromatic rings. The molecule has 6 heteroatoms. The molecule has 0 unspecified atom stereocenters. The van der Waals surface area contributed by atoms with E-state index in [9.17, 15) is 4.79 Å². The molecule has 0 aliphatic carbocycles. The van der Waals surface area contributed by atoms with Crippen LogP contribution in [0, 0.1) is 0 Å². The zero-order valence-corrected chi connectivity index (χ0v) is 14.6. The lowest BCUT2D eigenvalue weighted by Crippen LogP contribution is -2.31. The SMILES string of the molecule is COc1ccc(OC)c([C@H](C)NC(=O)COc2ccccc2Cl)c1. The molecule has 2 aromatic carbocycles. The van der Waals surface area contributed by atoms with Gasteiger partial charge in [0.2, 0.25) is 0 Å². The highest BCUT2D eigenvalue weighted by molar-refractivity contribution is 6.32. The fraction of sp³-hybridized carbons (Fsp3) is 0.278. The van der Waals surface area contributed by atoms with Crippen molar-refractivity contribution >= 4 is 17.5 Å². The van der Waals surface area contributed by atoms with Crippen LogP contribution in [-0.4, -0.2) is 26.7 Å². The summed E-state index contributed by atoms with van der Waals surface area (Å²) >= 11 is 6.00. The van der Waals surface area contributed by atoms with Crippen molar-refractivity contribution in [3.8, 4) is 17.2 Å². The third-order valence-corrected chi connectivity index (χ3v) is 3.79. The highest BCUT2D eigenvalue weighted by Crippen LogP contribution is 2.29. The van der Waals surface area contributed by atoms with E-state index in [4.69, 9.17) is 25.8 Å². The summed E-state index contributed by atoms with van der Waals surface area (Å²) in [6.07, 6.45) is 0. The number of benzene rings is 2. The van der Waals surface area contributed by atoms with Gasteiger partial charge in [-0.25, -0.2) is 0 Å². The molecule has 24 heavy (non-hydrogen) atoms. The average Bonchev–Trinajstić information content (AvgIpc) is 2.60. The minimum atomic E-state index is -0.266. The Morgan fingerprint density at radius 2 is 1.88 bits per heavy atom. The van der Waals surface area contributed by atoms with E-state index in [1.807, 2.05) is 13.0 Å². The second-order valence-corrected chi connectivity index (χ2v) is 5.52. The van der Waals surface area contributed by atoms with Gasteiger partial charge in [-0.3, -0.25) is 4.79 Å². The van der Waals surface area contributed by atoms with Crippen LogP contribution in [-0.2, 0) is 4.79 Å². The van der Waals surface area contributed by atoms with Crippen molar-refractivity contribution in [2.24, 2.45) is 0 Å². The number of amides is 1. The smallest absolute Gasteiger partial charge is 0.258 e. The van der Waals surface area contributed by atoms with E-state index in [0.717, 1.165) is 5.56 Å². The predicted octanol–water partition coefficient (Wildman–Crippen LogP) is 3.61. The first-order chi connectivity index (χ1) is 11.5. The molecule has 0 saturated carbocycles. The molecule has 0 heterocycles. The fourth-order valence-electron chi connectivity index (χ4n) is 2.24. The first kappa shape index (κ1) is 17.9. The van der Waals surface area contributed by atoms with Gasteiger partial charge in [0.25, 0.3) is 5.91 Å². The summed E-state index contributed by atoms with van der Waals surface area (Å²) in [4.78, 5) is 12.1. The Kier molecular flexibility index (Phi) is 6.32. The lowest BCUT2D eigenvalue weighted by atomic mass is 10.1. The maximum Gasteiger partial charge on any atom is 0.258 e. The van der Waals surface area contributed by atoms with E-state index in [-0.39, 0.29) is 18.6 Å². The quantitative estimate of drug-likeness (QED) is 0.829. The zero-order valence-electron chi connectivity index (χ0n) is 13.8. The second kappa shape index (κ2) is 8.45. The van der Waals surface area contributed by atoms with Crippen molar-refractivity contribution < 1.29 is 19.0 Å². The Balaban J connectivity index is 2.00. The fourth-order valence-corrected chi connectivity index (χ4v) is 2.43. The molecule has 0 aromatic heterocycles. The molecular formula is C18H20ClNO4. The van der Waals surface area contributed by atoms with E-state index in [0.29, 0.717) is 22.3 Å². The number of rotatable bonds is 7. The van der Waals surface area contributed by atoms with E-state index in [2.05, 4.69) is 5.32 Å². The summed E-state index contributed by atoms with van der Waals surface area (Å²) in [5.74, 6) is 1.59. The number of para-hydroxylation sites is 1. The van der Waals surface area contributed by atoms with Gasteiger partial charge >= 0.3 is 0 Å². The lowest BCUT2D eigenvalue weighted by Gasteiger charge is -2.18. The summed E-state index contributed by atoms with van der Waals surface area (Å²) in [6.45, 7) is 1.74. The standard InChI is InChI=1S/C18H20ClNO4/c1-12(14-10-13(22-2)8-9-16(14)23-3)20-18(21)11-24-17-7-5-4-6-15(17)19/h4-10,12H,11H2,1-3H3,(H,20,21)/t12-/m0/s1. The van der Waals surface area contributed by atoms with Gasteiger partial charge in [0.15, 0.2) is 6.61 Å². The van der Waals surface area contributed by atoms with Crippen molar-refractivity contribution in [2.45, 2.75) is 13.0 Å². The normalized spacial score (nSPS) is 11.5. The number of hydrogen-bond donors (Lipinski definition) is 1. The number of ether oxygens (including phenoxy) is 3. The zero-order chi connectivity index (χ0) is 17.5. The van der Waals surface area contributed by atoms with Gasteiger partial charge in [0, 0.05) is 5.56 Å². The van der Waals surface area contributed by atoms with Gasteiger partial charge in [-0.15, -0.1) is 0 Å². The molecule has 1 atom stereocenters. The van der Waals surface area contributed by atoms with Crippen LogP contribution in [0.15, 0.2) is 42.5 Å². The van der Waals surface area contributed by atoms with Crippen molar-refractivity contribution in [1.82, 2.24) is 5.32 Å². The molecule has 2 rings (SSSR count). The van der Waals surface area contributed by atoms with E-state index in [1.54, 1.807) is 50.6 Å². The Hall–Kier alpha value is -2.40. The molecule has 5 nitrogen and oxygen atoms in total. The Morgan fingerprint density at radius 3 is 2.54 bits per heavy atom. The van der Waals surface area contributed by atoms with Crippen molar-refractivity contribution in [1.29, 1.82) is 0 Å². The summed E-state index contributed by atoms with van der Waals surface area (Å²) in [7, 11) is 3.17. The topological polar surface area (TPSA) is 56.8 Å². The molecule has 0 bridgehead atoms. The van der Waals surface area contributed by atoms with Gasteiger partial charge in [-0.05, 0) is 37.3 Å². The Bertz CT molecular complexity index is 705. The molecular weight excluding hydrogens is 330 g/mol. The molecule has 128 valence electrons. The number of methoxy groups -OCH3 is 2. The first-order valence-corrected chi connectivity index (χ1v) is 7.81. The minimum absolute atomic E-state index is 0.125. The van der Waals surface area contributed by atoms with Crippen LogP contribution in [0.1, 0.15) is 18.5 Å². The van der Waals surface area contributed by atoms with Crippen molar-refractivity contribution in [2.75, 3.05) is 20.8 Å². The maximum absolute atomic E-state index is 12.1. The van der Waals surface area contributed by atoms with Crippen LogP contribution in [0.5, 0.6) is 17.2 Å². The van der Waals surface area contributed by atoms with Gasteiger partial charge in [0.05, 0.1) is 25.3 Å². The molecule has 0 saturated heterocycles. The highest BCUT2D eigenvalue weighted by atomic mass is 35.5. The van der Waals surface area contributed by atoms with Crippen LogP contribution in [0.2, 0.25) is 5.02 Å². The number of hydrogen-bond acceptors (Lipinski definition) is 4. The Morgan fingerprint density at radius 1 is 1.12 bits per heavy atom. The number of carbonyl (C=O) groups is 1. The van der Waals surface area contributed by atoms with Gasteiger partial charge < -0.3 is 19.5 Å². The first-order valence-electron chi connectivity index (χ1n) is 7.43. The van der Waals surface area contributed by atoms with Gasteiger partial charge in [0.1, 0.15) is 17.2 Å². The third-order valence-electron chi connectivity index (χ3n) is 3.48. The van der Waals surface area contributed by atoms with E-state index in [1.165, 1.54) is 0 Å². The monoisotopic (exact) mass is 349 g/mol. The van der Waals surface area contributed by atoms with Crippen LogP contribution in [0.4, 0.5) is 0 Å². The van der Waals surface area contributed by atoms with Gasteiger partial charge in [-0.2, -0.15) is 0 Å². The summed E-state index contributed by atoms with van der Waals surface area (Å²) in [5, 5.41) is 3.33. The van der Waals surface area contributed by atoms with Crippen molar-refractivity contribution in [3.05, 3.63) is 53.1 Å². The van der Waals surface area contributed by atoms with Gasteiger partial charge in [-0.1, -0.05) is 23.7 Å². The minimum Gasteiger partial charge on any atom is -0.497 e. The van der Waals surface area contributed by atoms with Crippen LogP contribution in [0.25, 0.3) is 0 Å².